The molecule has 0 aromatic heterocycles. The minimum absolute atomic E-state index is 0.789. The van der Waals surface area contributed by atoms with Crippen LogP contribution in [0.25, 0.3) is 0 Å². The van der Waals surface area contributed by atoms with Gasteiger partial charge >= 0.3 is 0 Å². The first-order valence-corrected chi connectivity index (χ1v) is 4.38. The molecule has 0 atom stereocenters. The normalized spacial score (nSPS) is 9.43. The Morgan fingerprint density at radius 3 is 1.43 bits per heavy atom. The van der Waals surface area contributed by atoms with Crippen molar-refractivity contribution in [2.75, 3.05) is 38.9 Å². The quantitative estimate of drug-likeness (QED) is 0.770. The third-order valence-corrected chi connectivity index (χ3v) is 2.06. The number of nitrogens with one attached hydrogen (secondary N) is 2. The first kappa shape index (κ1) is 10.5. The van der Waals surface area contributed by atoms with Crippen molar-refractivity contribution in [2.24, 2.45) is 0 Å². The third kappa shape index (κ3) is 1.84. The summed E-state index contributed by atoms with van der Waals surface area (Å²) in [6.45, 7) is 0. The molecule has 4 nitrogen and oxygen atoms in total. The highest BCUT2D eigenvalue weighted by molar-refractivity contribution is 5.70. The number of anilines is 2. The zero-order valence-corrected chi connectivity index (χ0v) is 8.97. The molecule has 78 valence electrons. The van der Waals surface area contributed by atoms with Crippen molar-refractivity contribution in [3.63, 3.8) is 0 Å². The first-order chi connectivity index (χ1) is 6.76. The van der Waals surface area contributed by atoms with Crippen LogP contribution in [-0.4, -0.2) is 28.3 Å². The number of benzene rings is 1. The van der Waals surface area contributed by atoms with E-state index in [-0.39, 0.29) is 0 Å². The van der Waals surface area contributed by atoms with E-state index in [9.17, 15) is 0 Å². The lowest BCUT2D eigenvalue weighted by atomic mass is 10.2. The third-order valence-electron chi connectivity index (χ3n) is 2.06. The van der Waals surface area contributed by atoms with Gasteiger partial charge in [0.05, 0.1) is 25.6 Å². The maximum Gasteiger partial charge on any atom is 0.144 e. The number of ether oxygens (including phenoxy) is 2. The van der Waals surface area contributed by atoms with E-state index in [1.807, 2.05) is 26.2 Å². The van der Waals surface area contributed by atoms with Gasteiger partial charge in [-0.05, 0) is 0 Å². The van der Waals surface area contributed by atoms with Crippen molar-refractivity contribution >= 4 is 11.4 Å². The van der Waals surface area contributed by atoms with Crippen molar-refractivity contribution < 1.29 is 9.47 Å². The Hall–Kier alpha value is -1.58. The molecule has 1 aromatic carbocycles. The molecule has 0 radical (unpaired) electrons. The molecule has 0 heterocycles. The molecule has 0 aliphatic heterocycles. The van der Waals surface area contributed by atoms with Gasteiger partial charge in [-0.15, -0.1) is 0 Å². The van der Waals surface area contributed by atoms with Crippen LogP contribution in [0, 0.1) is 0 Å². The summed E-state index contributed by atoms with van der Waals surface area (Å²) >= 11 is 0. The molecule has 0 spiro atoms. The zero-order chi connectivity index (χ0) is 10.6. The summed E-state index contributed by atoms with van der Waals surface area (Å²) < 4.78 is 10.4. The molecule has 0 fully saturated rings. The Labute approximate surface area is 84.2 Å². The number of hydrogen-bond donors (Lipinski definition) is 2. The van der Waals surface area contributed by atoms with Gasteiger partial charge in [-0.1, -0.05) is 0 Å². The average molecular weight is 196 g/mol. The summed E-state index contributed by atoms with van der Waals surface area (Å²) in [5.41, 5.74) is 1.81. The fraction of sp³-hybridized carbons (Fsp3) is 0.400. The lowest BCUT2D eigenvalue weighted by Crippen LogP contribution is -1.99. The molecule has 14 heavy (non-hydrogen) atoms. The highest BCUT2D eigenvalue weighted by atomic mass is 16.5. The van der Waals surface area contributed by atoms with Crippen molar-refractivity contribution in [1.29, 1.82) is 0 Å². The van der Waals surface area contributed by atoms with Crippen molar-refractivity contribution in [2.45, 2.75) is 0 Å². The van der Waals surface area contributed by atoms with Crippen molar-refractivity contribution in [3.05, 3.63) is 12.1 Å². The maximum absolute atomic E-state index is 5.22. The number of rotatable bonds is 4. The molecule has 0 saturated heterocycles. The summed E-state index contributed by atoms with van der Waals surface area (Å²) in [6.07, 6.45) is 0. The second-order valence-corrected chi connectivity index (χ2v) is 2.75. The van der Waals surface area contributed by atoms with Gasteiger partial charge in [0.25, 0.3) is 0 Å². The molecule has 0 saturated carbocycles. The van der Waals surface area contributed by atoms with Gasteiger partial charge in [-0.3, -0.25) is 0 Å². The molecule has 0 amide bonds. The molecule has 1 aromatic rings. The van der Waals surface area contributed by atoms with E-state index in [1.54, 1.807) is 14.2 Å². The standard InChI is InChI=1S/C10H16N2O2/c1-11-7-5-10(14-4)8(12-2)6-9(7)13-3/h5-6,11-12H,1-4H3. The van der Waals surface area contributed by atoms with Crippen LogP contribution < -0.4 is 20.1 Å². The van der Waals surface area contributed by atoms with Gasteiger partial charge in [0.2, 0.25) is 0 Å². The van der Waals surface area contributed by atoms with E-state index in [4.69, 9.17) is 9.47 Å². The summed E-state index contributed by atoms with van der Waals surface area (Å²) in [7, 11) is 6.97. The lowest BCUT2D eigenvalue weighted by Gasteiger charge is -2.13. The Bertz CT molecular complexity index is 255. The predicted molar refractivity (Wildman–Crippen MR) is 58.6 cm³/mol. The minimum atomic E-state index is 0.789. The van der Waals surface area contributed by atoms with Crippen LogP contribution >= 0.6 is 0 Å². The van der Waals surface area contributed by atoms with Crippen LogP contribution in [0.5, 0.6) is 11.5 Å². The maximum atomic E-state index is 5.22. The SMILES string of the molecule is CNc1cc(OC)c(NC)cc1OC. The molecule has 0 aliphatic rings. The van der Waals surface area contributed by atoms with Gasteiger partial charge in [-0.25, -0.2) is 0 Å². The monoisotopic (exact) mass is 196 g/mol. The molecular formula is C10H16N2O2. The van der Waals surface area contributed by atoms with Gasteiger partial charge in [-0.2, -0.15) is 0 Å². The second-order valence-electron chi connectivity index (χ2n) is 2.75. The van der Waals surface area contributed by atoms with E-state index < -0.39 is 0 Å². The summed E-state index contributed by atoms with van der Waals surface area (Å²) in [4.78, 5) is 0. The zero-order valence-electron chi connectivity index (χ0n) is 8.97. The van der Waals surface area contributed by atoms with E-state index in [2.05, 4.69) is 10.6 Å². The first-order valence-electron chi connectivity index (χ1n) is 4.38. The molecule has 0 aliphatic carbocycles. The predicted octanol–water partition coefficient (Wildman–Crippen LogP) is 1.79. The van der Waals surface area contributed by atoms with Crippen LogP contribution in [0.3, 0.4) is 0 Å². The number of methoxy groups -OCH3 is 2. The molecule has 0 bridgehead atoms. The largest absolute Gasteiger partial charge is 0.495 e. The van der Waals surface area contributed by atoms with E-state index in [0.29, 0.717) is 0 Å². The Balaban J connectivity index is 3.20. The van der Waals surface area contributed by atoms with Crippen LogP contribution in [0.4, 0.5) is 11.4 Å². The average Bonchev–Trinajstić information content (AvgIpc) is 2.26. The second kappa shape index (κ2) is 4.60. The Morgan fingerprint density at radius 2 is 1.21 bits per heavy atom. The van der Waals surface area contributed by atoms with Gasteiger partial charge < -0.3 is 20.1 Å². The fourth-order valence-electron chi connectivity index (χ4n) is 1.29. The van der Waals surface area contributed by atoms with Crippen LogP contribution in [0.1, 0.15) is 0 Å². The topological polar surface area (TPSA) is 42.5 Å². The highest BCUT2D eigenvalue weighted by Crippen LogP contribution is 2.35. The Morgan fingerprint density at radius 1 is 0.857 bits per heavy atom. The van der Waals surface area contributed by atoms with Crippen molar-refractivity contribution in [3.8, 4) is 11.5 Å². The summed E-state index contributed by atoms with van der Waals surface area (Å²) in [5.74, 6) is 1.58. The molecular weight excluding hydrogens is 180 g/mol. The molecule has 0 unspecified atom stereocenters. The van der Waals surface area contributed by atoms with E-state index in [0.717, 1.165) is 22.9 Å². The smallest absolute Gasteiger partial charge is 0.144 e. The van der Waals surface area contributed by atoms with Crippen molar-refractivity contribution in [1.82, 2.24) is 0 Å². The van der Waals surface area contributed by atoms with Gasteiger partial charge in [0.1, 0.15) is 11.5 Å². The van der Waals surface area contributed by atoms with Crippen LogP contribution in [0.2, 0.25) is 0 Å². The summed E-state index contributed by atoms with van der Waals surface area (Å²) in [6, 6.07) is 3.79. The lowest BCUT2D eigenvalue weighted by molar-refractivity contribution is 0.406. The molecule has 4 heteroatoms. The number of hydrogen-bond acceptors (Lipinski definition) is 4. The minimum Gasteiger partial charge on any atom is -0.495 e. The fourth-order valence-corrected chi connectivity index (χ4v) is 1.29. The molecule has 1 rings (SSSR count). The highest BCUT2D eigenvalue weighted by Gasteiger charge is 2.08. The van der Waals surface area contributed by atoms with E-state index in [1.165, 1.54) is 0 Å². The van der Waals surface area contributed by atoms with Crippen LogP contribution in [-0.2, 0) is 0 Å². The van der Waals surface area contributed by atoms with Gasteiger partial charge in [0.15, 0.2) is 0 Å². The Kier molecular flexibility index (Phi) is 3.45. The summed E-state index contributed by atoms with van der Waals surface area (Å²) in [5, 5.41) is 6.08. The molecule has 2 N–H and O–H groups in total. The van der Waals surface area contributed by atoms with E-state index >= 15 is 0 Å². The van der Waals surface area contributed by atoms with Gasteiger partial charge in [0, 0.05) is 26.2 Å². The van der Waals surface area contributed by atoms with Crippen LogP contribution in [0.15, 0.2) is 12.1 Å².